The number of aromatic nitrogens is 3. The fraction of sp³-hybridized carbons (Fsp3) is 0.571. The predicted molar refractivity (Wildman–Crippen MR) is 81.9 cm³/mol. The van der Waals surface area contributed by atoms with Crippen molar-refractivity contribution in [1.82, 2.24) is 14.6 Å². The van der Waals surface area contributed by atoms with Crippen LogP contribution in [-0.2, 0) is 0 Å². The molecular weight excluding hydrogens is 320 g/mol. The summed E-state index contributed by atoms with van der Waals surface area (Å²) in [7, 11) is 0. The molecule has 0 radical (unpaired) electrons. The molecule has 6 heteroatoms. The number of nitrogens with one attached hydrogen (secondary N) is 1. The summed E-state index contributed by atoms with van der Waals surface area (Å²) in [5.74, 6) is 1.22. The van der Waals surface area contributed by atoms with Crippen molar-refractivity contribution >= 4 is 27.4 Å². The van der Waals surface area contributed by atoms with Gasteiger partial charge in [0.2, 0.25) is 0 Å². The molecule has 0 spiro atoms. The SMILES string of the molecule is Cc1cn2ncc(Br)c2nc1N[C@H]1CCCC[C@H]1CO. The average Bonchev–Trinajstić information content (AvgIpc) is 2.81. The van der Waals surface area contributed by atoms with Crippen LogP contribution in [0.2, 0.25) is 0 Å². The van der Waals surface area contributed by atoms with Crippen LogP contribution in [0.3, 0.4) is 0 Å². The molecule has 1 aliphatic carbocycles. The third-order valence-electron chi connectivity index (χ3n) is 4.10. The van der Waals surface area contributed by atoms with Gasteiger partial charge in [0, 0.05) is 30.3 Å². The van der Waals surface area contributed by atoms with E-state index in [1.165, 1.54) is 12.8 Å². The summed E-state index contributed by atoms with van der Waals surface area (Å²) >= 11 is 3.46. The van der Waals surface area contributed by atoms with Crippen LogP contribution in [0.1, 0.15) is 31.2 Å². The molecule has 108 valence electrons. The van der Waals surface area contributed by atoms with Crippen molar-refractivity contribution in [3.05, 3.63) is 22.4 Å². The van der Waals surface area contributed by atoms with Gasteiger partial charge in [-0.15, -0.1) is 0 Å². The summed E-state index contributed by atoms with van der Waals surface area (Å²) in [4.78, 5) is 4.66. The first-order valence-electron chi connectivity index (χ1n) is 7.07. The summed E-state index contributed by atoms with van der Waals surface area (Å²) in [6.45, 7) is 2.27. The molecule has 0 amide bonds. The van der Waals surface area contributed by atoms with E-state index in [-0.39, 0.29) is 6.61 Å². The van der Waals surface area contributed by atoms with Crippen molar-refractivity contribution in [3.63, 3.8) is 0 Å². The average molecular weight is 339 g/mol. The second kappa shape index (κ2) is 5.69. The van der Waals surface area contributed by atoms with Gasteiger partial charge in [-0.3, -0.25) is 0 Å². The van der Waals surface area contributed by atoms with Gasteiger partial charge in [0.05, 0.1) is 10.7 Å². The lowest BCUT2D eigenvalue weighted by atomic mass is 9.85. The maximum absolute atomic E-state index is 9.51. The van der Waals surface area contributed by atoms with Gasteiger partial charge < -0.3 is 10.4 Å². The van der Waals surface area contributed by atoms with E-state index in [4.69, 9.17) is 0 Å². The summed E-state index contributed by atoms with van der Waals surface area (Å²) < 4.78 is 2.66. The lowest BCUT2D eigenvalue weighted by Gasteiger charge is -2.31. The highest BCUT2D eigenvalue weighted by molar-refractivity contribution is 9.10. The van der Waals surface area contributed by atoms with Crippen molar-refractivity contribution in [3.8, 4) is 0 Å². The number of hydrogen-bond donors (Lipinski definition) is 2. The van der Waals surface area contributed by atoms with Gasteiger partial charge in [0.15, 0.2) is 5.65 Å². The molecule has 2 aromatic heterocycles. The van der Waals surface area contributed by atoms with Gasteiger partial charge in [0.1, 0.15) is 5.82 Å². The molecule has 3 rings (SSSR count). The Bertz CT molecular complexity index is 612. The molecular formula is C14H19BrN4O. The Labute approximate surface area is 126 Å². The van der Waals surface area contributed by atoms with Gasteiger partial charge in [0.25, 0.3) is 0 Å². The van der Waals surface area contributed by atoms with Crippen LogP contribution in [0.4, 0.5) is 5.82 Å². The topological polar surface area (TPSA) is 62.5 Å². The highest BCUT2D eigenvalue weighted by Gasteiger charge is 2.25. The predicted octanol–water partition coefficient (Wildman–Crippen LogP) is 2.76. The fourth-order valence-corrected chi connectivity index (χ4v) is 3.27. The van der Waals surface area contributed by atoms with Crippen molar-refractivity contribution in [1.29, 1.82) is 0 Å². The number of fused-ring (bicyclic) bond motifs is 1. The Kier molecular flexibility index (Phi) is 3.94. The van der Waals surface area contributed by atoms with Gasteiger partial charge in [-0.2, -0.15) is 5.10 Å². The van der Waals surface area contributed by atoms with E-state index in [9.17, 15) is 5.11 Å². The number of aliphatic hydroxyl groups is 1. The highest BCUT2D eigenvalue weighted by Crippen LogP contribution is 2.28. The zero-order valence-corrected chi connectivity index (χ0v) is 13.1. The molecule has 2 aromatic rings. The molecule has 0 saturated heterocycles. The second-order valence-corrected chi connectivity index (χ2v) is 6.37. The van der Waals surface area contributed by atoms with E-state index >= 15 is 0 Å². The first-order valence-corrected chi connectivity index (χ1v) is 7.86. The Balaban J connectivity index is 1.89. The van der Waals surface area contributed by atoms with Crippen LogP contribution in [-0.4, -0.2) is 32.4 Å². The van der Waals surface area contributed by atoms with Crippen LogP contribution in [0.5, 0.6) is 0 Å². The Morgan fingerprint density at radius 2 is 2.25 bits per heavy atom. The number of aryl methyl sites for hydroxylation is 1. The summed E-state index contributed by atoms with van der Waals surface area (Å²) in [6, 6.07) is 0.309. The third-order valence-corrected chi connectivity index (χ3v) is 4.66. The maximum Gasteiger partial charge on any atom is 0.171 e. The molecule has 0 unspecified atom stereocenters. The lowest BCUT2D eigenvalue weighted by Crippen LogP contribution is -2.34. The maximum atomic E-state index is 9.51. The number of rotatable bonds is 3. The molecule has 1 saturated carbocycles. The summed E-state index contributed by atoms with van der Waals surface area (Å²) in [5, 5.41) is 17.3. The van der Waals surface area contributed by atoms with E-state index < -0.39 is 0 Å². The molecule has 5 nitrogen and oxygen atoms in total. The molecule has 2 atom stereocenters. The summed E-state index contributed by atoms with van der Waals surface area (Å²) in [6.07, 6.45) is 8.34. The van der Waals surface area contributed by atoms with E-state index in [0.717, 1.165) is 34.3 Å². The van der Waals surface area contributed by atoms with Gasteiger partial charge in [-0.25, -0.2) is 9.50 Å². The van der Waals surface area contributed by atoms with Crippen molar-refractivity contribution < 1.29 is 5.11 Å². The minimum atomic E-state index is 0.245. The van der Waals surface area contributed by atoms with Crippen LogP contribution >= 0.6 is 15.9 Å². The van der Waals surface area contributed by atoms with Crippen LogP contribution < -0.4 is 5.32 Å². The first-order chi connectivity index (χ1) is 9.69. The monoisotopic (exact) mass is 338 g/mol. The van der Waals surface area contributed by atoms with Gasteiger partial charge in [-0.05, 0) is 35.7 Å². The zero-order chi connectivity index (χ0) is 14.1. The van der Waals surface area contributed by atoms with Crippen LogP contribution in [0, 0.1) is 12.8 Å². The number of aliphatic hydroxyl groups excluding tert-OH is 1. The van der Waals surface area contributed by atoms with Crippen LogP contribution in [0.15, 0.2) is 16.9 Å². The van der Waals surface area contributed by atoms with Crippen molar-refractivity contribution in [2.24, 2.45) is 5.92 Å². The van der Waals surface area contributed by atoms with E-state index in [0.29, 0.717) is 12.0 Å². The smallest absolute Gasteiger partial charge is 0.171 e. The van der Waals surface area contributed by atoms with Gasteiger partial charge in [-0.1, -0.05) is 12.8 Å². The minimum Gasteiger partial charge on any atom is -0.396 e. The molecule has 0 aromatic carbocycles. The van der Waals surface area contributed by atoms with Gasteiger partial charge >= 0.3 is 0 Å². The number of hydrogen-bond acceptors (Lipinski definition) is 4. The standard InChI is InChI=1S/C14H19BrN4O/c1-9-7-19-14(11(15)6-16-19)18-13(9)17-12-5-3-2-4-10(12)8-20/h6-7,10,12,20H,2-5,8H2,1H3,(H,17,18)/t10-,12-/m0/s1. The van der Waals surface area contributed by atoms with E-state index in [1.54, 1.807) is 10.7 Å². The van der Waals surface area contributed by atoms with Crippen molar-refractivity contribution in [2.45, 2.75) is 38.6 Å². The summed E-state index contributed by atoms with van der Waals surface area (Å²) in [5.41, 5.74) is 1.88. The number of halogens is 1. The minimum absolute atomic E-state index is 0.245. The molecule has 2 heterocycles. The third kappa shape index (κ3) is 2.54. The quantitative estimate of drug-likeness (QED) is 0.903. The molecule has 0 bridgehead atoms. The Morgan fingerprint density at radius 1 is 1.45 bits per heavy atom. The number of nitrogens with zero attached hydrogens (tertiary/aromatic N) is 3. The first kappa shape index (κ1) is 13.8. The fourth-order valence-electron chi connectivity index (χ4n) is 2.91. The molecule has 0 aliphatic heterocycles. The highest BCUT2D eigenvalue weighted by atomic mass is 79.9. The van der Waals surface area contributed by atoms with Crippen molar-refractivity contribution in [2.75, 3.05) is 11.9 Å². The zero-order valence-electron chi connectivity index (χ0n) is 11.5. The molecule has 20 heavy (non-hydrogen) atoms. The number of anilines is 1. The largest absolute Gasteiger partial charge is 0.396 e. The molecule has 2 N–H and O–H groups in total. The van der Waals surface area contributed by atoms with E-state index in [1.807, 2.05) is 13.1 Å². The van der Waals surface area contributed by atoms with E-state index in [2.05, 4.69) is 31.3 Å². The normalized spacial score (nSPS) is 23.1. The lowest BCUT2D eigenvalue weighted by molar-refractivity contribution is 0.178. The molecule has 1 aliphatic rings. The Hall–Kier alpha value is -1.14. The Morgan fingerprint density at radius 3 is 3.05 bits per heavy atom. The van der Waals surface area contributed by atoms with Crippen LogP contribution in [0.25, 0.3) is 5.65 Å². The second-order valence-electron chi connectivity index (χ2n) is 5.51. The molecule has 1 fully saturated rings.